The molecular formula is C18H21ClN2O3. The molecule has 5 nitrogen and oxygen atoms in total. The molecule has 0 radical (unpaired) electrons. The number of anilines is 1. The predicted octanol–water partition coefficient (Wildman–Crippen LogP) is 3.82. The Hall–Kier alpha value is -1.82. The quantitative estimate of drug-likeness (QED) is 0.672. The van der Waals surface area contributed by atoms with Crippen molar-refractivity contribution >= 4 is 17.3 Å². The maximum atomic E-state index is 6.15. The van der Waals surface area contributed by atoms with Crippen molar-refractivity contribution in [1.29, 1.82) is 0 Å². The van der Waals surface area contributed by atoms with Gasteiger partial charge in [-0.25, -0.2) is 4.98 Å². The fourth-order valence-electron chi connectivity index (χ4n) is 2.68. The second-order valence-electron chi connectivity index (χ2n) is 6.35. The topological polar surface area (TPSA) is 66.6 Å². The van der Waals surface area contributed by atoms with Crippen molar-refractivity contribution in [3.8, 4) is 17.0 Å². The van der Waals surface area contributed by atoms with E-state index in [-0.39, 0.29) is 6.10 Å². The Morgan fingerprint density at radius 1 is 1.33 bits per heavy atom. The normalized spacial score (nSPS) is 19.4. The number of halogens is 1. The first-order valence-electron chi connectivity index (χ1n) is 7.81. The molecule has 3 rings (SSSR count). The van der Waals surface area contributed by atoms with Gasteiger partial charge in [0.1, 0.15) is 17.9 Å². The van der Waals surface area contributed by atoms with Crippen LogP contribution in [0.25, 0.3) is 11.1 Å². The van der Waals surface area contributed by atoms with Crippen molar-refractivity contribution in [2.45, 2.75) is 32.7 Å². The summed E-state index contributed by atoms with van der Waals surface area (Å²) in [6.07, 6.45) is -0.127. The minimum atomic E-state index is -0.570. The maximum Gasteiger partial charge on any atom is 0.215 e. The van der Waals surface area contributed by atoms with Gasteiger partial charge >= 0.3 is 0 Å². The number of nitrogen functional groups attached to an aromatic ring is 1. The predicted molar refractivity (Wildman–Crippen MR) is 94.2 cm³/mol. The van der Waals surface area contributed by atoms with Gasteiger partial charge in [-0.15, -0.1) is 0 Å². The summed E-state index contributed by atoms with van der Waals surface area (Å²) in [4.78, 5) is 4.22. The van der Waals surface area contributed by atoms with Gasteiger partial charge in [-0.1, -0.05) is 17.7 Å². The third-order valence-corrected chi connectivity index (χ3v) is 4.02. The highest BCUT2D eigenvalue weighted by molar-refractivity contribution is 6.29. The summed E-state index contributed by atoms with van der Waals surface area (Å²) in [5.74, 6) is -0.118. The molecule has 1 saturated heterocycles. The number of ether oxygens (including phenoxy) is 3. The fraction of sp³-hybridized carbons (Fsp3) is 0.389. The first-order chi connectivity index (χ1) is 11.3. The molecule has 1 aromatic carbocycles. The number of pyridine rings is 1. The van der Waals surface area contributed by atoms with Gasteiger partial charge in [-0.3, -0.25) is 0 Å². The Morgan fingerprint density at radius 3 is 2.83 bits per heavy atom. The highest BCUT2D eigenvalue weighted by atomic mass is 35.5. The van der Waals surface area contributed by atoms with Gasteiger partial charge in [0.05, 0.1) is 6.61 Å². The number of hydrogen-bond acceptors (Lipinski definition) is 5. The summed E-state index contributed by atoms with van der Waals surface area (Å²) in [6.45, 7) is 6.63. The average Bonchev–Trinajstić information content (AvgIpc) is 2.86. The lowest BCUT2D eigenvalue weighted by Crippen LogP contribution is -2.25. The zero-order chi connectivity index (χ0) is 17.3. The molecule has 24 heavy (non-hydrogen) atoms. The van der Waals surface area contributed by atoms with Gasteiger partial charge in [0.2, 0.25) is 5.88 Å². The molecule has 1 fully saturated rings. The van der Waals surface area contributed by atoms with Crippen molar-refractivity contribution in [3.63, 3.8) is 0 Å². The minimum Gasteiger partial charge on any atom is -0.475 e. The Labute approximate surface area is 146 Å². The molecule has 1 aromatic heterocycles. The number of hydrogen-bond donors (Lipinski definition) is 1. The van der Waals surface area contributed by atoms with E-state index in [1.165, 1.54) is 0 Å². The second-order valence-corrected chi connectivity index (χ2v) is 6.74. The number of aryl methyl sites for hydroxylation is 1. The van der Waals surface area contributed by atoms with Gasteiger partial charge in [-0.05, 0) is 55.7 Å². The minimum absolute atomic E-state index is 0.127. The highest BCUT2D eigenvalue weighted by Gasteiger charge is 2.33. The van der Waals surface area contributed by atoms with E-state index in [0.29, 0.717) is 29.9 Å². The van der Waals surface area contributed by atoms with Crippen LogP contribution in [0.2, 0.25) is 5.15 Å². The van der Waals surface area contributed by atoms with E-state index < -0.39 is 5.79 Å². The summed E-state index contributed by atoms with van der Waals surface area (Å²) >= 11 is 6.15. The van der Waals surface area contributed by atoms with Gasteiger partial charge in [0.25, 0.3) is 0 Å². The van der Waals surface area contributed by atoms with Crippen LogP contribution < -0.4 is 10.5 Å². The van der Waals surface area contributed by atoms with Crippen LogP contribution in [0.1, 0.15) is 19.4 Å². The van der Waals surface area contributed by atoms with Gasteiger partial charge in [0.15, 0.2) is 5.79 Å². The molecule has 2 N–H and O–H groups in total. The van der Waals surface area contributed by atoms with Crippen LogP contribution in [-0.4, -0.2) is 30.1 Å². The van der Waals surface area contributed by atoms with Crippen LogP contribution in [0.5, 0.6) is 5.88 Å². The molecule has 0 aliphatic carbocycles. The lowest BCUT2D eigenvalue weighted by molar-refractivity contribution is -0.141. The summed E-state index contributed by atoms with van der Waals surface area (Å²) in [6, 6.07) is 9.42. The van der Waals surface area contributed by atoms with Crippen LogP contribution in [0, 0.1) is 6.92 Å². The summed E-state index contributed by atoms with van der Waals surface area (Å²) in [5.41, 5.74) is 9.62. The molecule has 1 aliphatic heterocycles. The Balaban J connectivity index is 1.78. The third kappa shape index (κ3) is 3.98. The van der Waals surface area contributed by atoms with Crippen molar-refractivity contribution in [2.24, 2.45) is 0 Å². The number of aromatic nitrogens is 1. The van der Waals surface area contributed by atoms with E-state index in [9.17, 15) is 0 Å². The summed E-state index contributed by atoms with van der Waals surface area (Å²) < 4.78 is 17.0. The smallest absolute Gasteiger partial charge is 0.215 e. The molecular weight excluding hydrogens is 328 g/mol. The molecule has 2 aromatic rings. The van der Waals surface area contributed by atoms with E-state index in [1.54, 1.807) is 6.07 Å². The van der Waals surface area contributed by atoms with E-state index in [4.69, 9.17) is 31.5 Å². The molecule has 0 amide bonds. The zero-order valence-electron chi connectivity index (χ0n) is 14.0. The molecule has 0 saturated carbocycles. The van der Waals surface area contributed by atoms with Crippen LogP contribution in [0.4, 0.5) is 5.69 Å². The van der Waals surface area contributed by atoms with E-state index in [0.717, 1.165) is 16.7 Å². The van der Waals surface area contributed by atoms with Crippen molar-refractivity contribution < 1.29 is 14.2 Å². The lowest BCUT2D eigenvalue weighted by Gasteiger charge is -2.17. The maximum absolute atomic E-state index is 6.15. The number of nitrogens with two attached hydrogens (primary N) is 1. The molecule has 1 aliphatic rings. The SMILES string of the molecule is Cc1ccc(N)cc1-c1cc(Cl)nc(OC[C@H]2COC(C)(C)O2)c1. The van der Waals surface area contributed by atoms with Crippen molar-refractivity contribution in [2.75, 3.05) is 18.9 Å². The lowest BCUT2D eigenvalue weighted by atomic mass is 10.0. The van der Waals surface area contributed by atoms with Crippen LogP contribution in [0.15, 0.2) is 30.3 Å². The average molecular weight is 349 g/mol. The number of nitrogens with zero attached hydrogens (tertiary/aromatic N) is 1. The zero-order valence-corrected chi connectivity index (χ0v) is 14.8. The molecule has 6 heteroatoms. The Bertz CT molecular complexity index is 749. The van der Waals surface area contributed by atoms with Gasteiger partial charge in [0, 0.05) is 11.8 Å². The molecule has 0 unspecified atom stereocenters. The molecule has 0 spiro atoms. The fourth-order valence-corrected chi connectivity index (χ4v) is 2.88. The summed E-state index contributed by atoms with van der Waals surface area (Å²) in [5, 5.41) is 0.369. The van der Waals surface area contributed by atoms with Crippen molar-refractivity contribution in [3.05, 3.63) is 41.0 Å². The molecule has 128 valence electrons. The van der Waals surface area contributed by atoms with Crippen LogP contribution >= 0.6 is 11.6 Å². The van der Waals surface area contributed by atoms with E-state index >= 15 is 0 Å². The standard InChI is InChI=1S/C18H21ClN2O3/c1-11-4-5-13(20)8-15(11)12-6-16(19)21-17(7-12)22-9-14-10-23-18(2,3)24-14/h4-8,14H,9-10,20H2,1-3H3/t14-/m0/s1. The van der Waals surface area contributed by atoms with Gasteiger partial charge in [-0.2, -0.15) is 0 Å². The Morgan fingerprint density at radius 2 is 2.12 bits per heavy atom. The molecule has 2 heterocycles. The first-order valence-corrected chi connectivity index (χ1v) is 8.19. The van der Waals surface area contributed by atoms with Crippen LogP contribution in [-0.2, 0) is 9.47 Å². The van der Waals surface area contributed by atoms with Gasteiger partial charge < -0.3 is 19.9 Å². The number of rotatable bonds is 4. The van der Waals surface area contributed by atoms with Crippen LogP contribution in [0.3, 0.4) is 0 Å². The van der Waals surface area contributed by atoms with E-state index in [1.807, 2.05) is 45.0 Å². The van der Waals surface area contributed by atoms with Crippen molar-refractivity contribution in [1.82, 2.24) is 4.98 Å². The molecule has 1 atom stereocenters. The molecule has 0 bridgehead atoms. The Kier molecular flexibility index (Phi) is 4.67. The monoisotopic (exact) mass is 348 g/mol. The second kappa shape index (κ2) is 6.59. The first kappa shape index (κ1) is 17.0. The largest absolute Gasteiger partial charge is 0.475 e. The summed E-state index contributed by atoms with van der Waals surface area (Å²) in [7, 11) is 0. The number of benzene rings is 1. The van der Waals surface area contributed by atoms with E-state index in [2.05, 4.69) is 4.98 Å². The highest BCUT2D eigenvalue weighted by Crippen LogP contribution is 2.30. The third-order valence-electron chi connectivity index (χ3n) is 3.83.